The Kier molecular flexibility index (Phi) is 6.32. The average molecular weight is 537 g/mol. The Morgan fingerprint density at radius 3 is 1.41 bits per heavy atom. The fourth-order valence-electron chi connectivity index (χ4n) is 3.20. The molecule has 2 fully saturated rings. The summed E-state index contributed by atoms with van der Waals surface area (Å²) >= 11 is -3.90. The molecule has 0 bridgehead atoms. The fraction of sp³-hybridized carbons (Fsp3) is 1.00. The third kappa shape index (κ3) is 4.01. The summed E-state index contributed by atoms with van der Waals surface area (Å²) in [4.78, 5) is 0.883. The van der Waals surface area contributed by atoms with Crippen LogP contribution < -0.4 is 0 Å². The molecule has 0 N–H and O–H groups in total. The summed E-state index contributed by atoms with van der Waals surface area (Å²) in [5.41, 5.74) is 0. The van der Waals surface area contributed by atoms with E-state index in [0.29, 0.717) is 0 Å². The van der Waals surface area contributed by atoms with Gasteiger partial charge in [0.25, 0.3) is 0 Å². The van der Waals surface area contributed by atoms with Crippen LogP contribution in [-0.4, -0.2) is 57.5 Å². The molecular formula is C15H31Cl2N2O2Pt. The zero-order valence-corrected chi connectivity index (χ0v) is 18.1. The van der Waals surface area contributed by atoms with Crippen molar-refractivity contribution >= 4 is 18.8 Å². The van der Waals surface area contributed by atoms with Crippen LogP contribution in [0.25, 0.3) is 0 Å². The van der Waals surface area contributed by atoms with Crippen molar-refractivity contribution in [3.63, 3.8) is 0 Å². The molecule has 0 saturated carbocycles. The Labute approximate surface area is 144 Å². The van der Waals surface area contributed by atoms with Crippen LogP contribution in [0.2, 0.25) is 4.81 Å². The van der Waals surface area contributed by atoms with E-state index in [1.807, 2.05) is 0 Å². The standard InChI is InChI=1S/2C6H12NO.C3H7.2ClH.Pt/c2*1-5-3-7-4-6(2)8-5;1-3-2;;;/h2*5-6H,3-4H2,1-2H3;1,3H2,2H3;2*1H;/q2*-1;;;;+4/p-2. The molecule has 2 rings (SSSR count). The molecule has 0 aromatic carbocycles. The van der Waals surface area contributed by atoms with Crippen molar-refractivity contribution in [1.82, 2.24) is 6.92 Å². The summed E-state index contributed by atoms with van der Waals surface area (Å²) < 4.78 is 16.6. The summed E-state index contributed by atoms with van der Waals surface area (Å²) in [5.74, 6) is 0. The molecule has 0 spiro atoms. The van der Waals surface area contributed by atoms with Crippen molar-refractivity contribution in [3.8, 4) is 0 Å². The SMILES string of the molecule is CC[CH2][Pt]([Cl])([Cl])([N]1CC(C)OC(C)C1)[N]1CC(C)OC(C)C1. The van der Waals surface area contributed by atoms with Gasteiger partial charge in [0.1, 0.15) is 0 Å². The van der Waals surface area contributed by atoms with Crippen LogP contribution in [0, 0.1) is 0 Å². The molecule has 137 valence electrons. The molecule has 4 atom stereocenters. The van der Waals surface area contributed by atoms with Gasteiger partial charge in [0, 0.05) is 0 Å². The number of ether oxygens (including phenoxy) is 2. The number of rotatable bonds is 4. The first-order valence-electron chi connectivity index (χ1n) is 8.10. The van der Waals surface area contributed by atoms with Crippen LogP contribution in [0.4, 0.5) is 0 Å². The average Bonchev–Trinajstić information content (AvgIpc) is 2.36. The number of halogens is 2. The molecule has 2 aliphatic heterocycles. The first-order valence-corrected chi connectivity index (χ1v) is 17.4. The van der Waals surface area contributed by atoms with Gasteiger partial charge in [0.15, 0.2) is 0 Å². The van der Waals surface area contributed by atoms with Gasteiger partial charge in [-0.15, -0.1) is 0 Å². The van der Waals surface area contributed by atoms with E-state index >= 15 is 0 Å². The van der Waals surface area contributed by atoms with Gasteiger partial charge in [-0.05, 0) is 0 Å². The number of morpholine rings is 2. The van der Waals surface area contributed by atoms with Gasteiger partial charge < -0.3 is 0 Å². The zero-order chi connectivity index (χ0) is 16.6. The number of nitrogens with zero attached hydrogens (tertiary/aromatic N) is 2. The molecular weight excluding hydrogens is 506 g/mol. The summed E-state index contributed by atoms with van der Waals surface area (Å²) in [6.07, 6.45) is 1.71. The molecule has 2 saturated heterocycles. The van der Waals surface area contributed by atoms with E-state index in [2.05, 4.69) is 41.5 Å². The summed E-state index contributed by atoms with van der Waals surface area (Å²) in [6, 6.07) is 0. The summed E-state index contributed by atoms with van der Waals surface area (Å²) in [6.45, 7) is 13.9. The second-order valence-electron chi connectivity index (χ2n) is 6.44. The second-order valence-corrected chi connectivity index (χ2v) is 24.6. The van der Waals surface area contributed by atoms with E-state index in [0.717, 1.165) is 37.4 Å². The molecule has 4 unspecified atom stereocenters. The van der Waals surface area contributed by atoms with Crippen molar-refractivity contribution in [1.29, 1.82) is 0 Å². The Bertz CT molecular complexity index is 350. The third-order valence-corrected chi connectivity index (χ3v) is 21.0. The van der Waals surface area contributed by atoms with Crippen LogP contribution in [0.15, 0.2) is 0 Å². The van der Waals surface area contributed by atoms with E-state index < -0.39 is 13.2 Å². The molecule has 0 aromatic heterocycles. The molecule has 0 aliphatic carbocycles. The van der Waals surface area contributed by atoms with Gasteiger partial charge in [-0.3, -0.25) is 0 Å². The maximum atomic E-state index is 7.41. The van der Waals surface area contributed by atoms with E-state index in [1.165, 1.54) is 0 Å². The molecule has 2 heterocycles. The predicted molar refractivity (Wildman–Crippen MR) is 90.0 cm³/mol. The van der Waals surface area contributed by atoms with E-state index in [4.69, 9.17) is 28.3 Å². The molecule has 22 heavy (non-hydrogen) atoms. The monoisotopic (exact) mass is 536 g/mol. The first kappa shape index (κ1) is 19.4. The van der Waals surface area contributed by atoms with Crippen LogP contribution in [0.1, 0.15) is 41.0 Å². The van der Waals surface area contributed by atoms with Crippen LogP contribution in [0.3, 0.4) is 0 Å². The topological polar surface area (TPSA) is 24.9 Å². The molecule has 0 aromatic rings. The second kappa shape index (κ2) is 7.15. The van der Waals surface area contributed by atoms with Gasteiger partial charge in [0.2, 0.25) is 0 Å². The summed E-state index contributed by atoms with van der Waals surface area (Å²) in [5, 5.41) is 0. The zero-order valence-electron chi connectivity index (χ0n) is 14.3. The Morgan fingerprint density at radius 2 is 1.14 bits per heavy atom. The van der Waals surface area contributed by atoms with Crippen molar-refractivity contribution in [2.24, 2.45) is 0 Å². The van der Waals surface area contributed by atoms with E-state index in [1.54, 1.807) is 0 Å². The normalized spacial score (nSPS) is 37.7. The maximum absolute atomic E-state index is 7.41. The van der Waals surface area contributed by atoms with Crippen molar-refractivity contribution in [3.05, 3.63) is 0 Å². The number of hydrogen-bond acceptors (Lipinski definition) is 4. The first-order chi connectivity index (χ1) is 10.1. The summed E-state index contributed by atoms with van der Waals surface area (Å²) in [7, 11) is 14.8. The molecule has 2 aliphatic rings. The van der Waals surface area contributed by atoms with E-state index in [9.17, 15) is 0 Å². The van der Waals surface area contributed by atoms with Crippen LogP contribution in [0.5, 0.6) is 0 Å². The fourth-order valence-corrected chi connectivity index (χ4v) is 17.7. The minimum absolute atomic E-state index is 0.176. The Hall–Kier alpha value is 1.11. The van der Waals surface area contributed by atoms with Gasteiger partial charge >= 0.3 is 145 Å². The van der Waals surface area contributed by atoms with Crippen molar-refractivity contribution in [2.45, 2.75) is 70.3 Å². The molecule has 4 nitrogen and oxygen atoms in total. The van der Waals surface area contributed by atoms with Crippen LogP contribution >= 0.6 is 18.8 Å². The number of hydrogen-bond donors (Lipinski definition) is 0. The molecule has 0 radical (unpaired) electrons. The Morgan fingerprint density at radius 1 is 0.818 bits per heavy atom. The quantitative estimate of drug-likeness (QED) is 0.544. The van der Waals surface area contributed by atoms with Crippen LogP contribution in [-0.2, 0) is 22.7 Å². The van der Waals surface area contributed by atoms with Gasteiger partial charge in [-0.2, -0.15) is 0 Å². The van der Waals surface area contributed by atoms with E-state index in [-0.39, 0.29) is 24.4 Å². The molecule has 7 heteroatoms. The predicted octanol–water partition coefficient (Wildman–Crippen LogP) is 3.86. The van der Waals surface area contributed by atoms with Crippen molar-refractivity contribution < 1.29 is 22.7 Å². The van der Waals surface area contributed by atoms with Gasteiger partial charge in [-0.25, -0.2) is 0 Å². The van der Waals surface area contributed by atoms with Gasteiger partial charge in [0.05, 0.1) is 0 Å². The molecule has 0 amide bonds. The van der Waals surface area contributed by atoms with Gasteiger partial charge in [-0.1, -0.05) is 0 Å². The van der Waals surface area contributed by atoms with Crippen molar-refractivity contribution in [2.75, 3.05) is 26.2 Å². The third-order valence-electron chi connectivity index (χ3n) is 3.89. The Balaban J connectivity index is 2.31. The minimum atomic E-state index is -3.90.